The Morgan fingerprint density at radius 2 is 1.82 bits per heavy atom. The number of nitrogens with one attached hydrogen (secondary N) is 1. The first-order chi connectivity index (χ1) is 10.5. The molecule has 1 N–H and O–H groups in total. The summed E-state index contributed by atoms with van der Waals surface area (Å²) in [6.07, 6.45) is 0.183. The fourth-order valence-corrected chi connectivity index (χ4v) is 2.60. The second-order valence-electron chi connectivity index (χ2n) is 5.56. The minimum atomic E-state index is -0.401. The van der Waals surface area contributed by atoms with Gasteiger partial charge in [-0.2, -0.15) is 0 Å². The second-order valence-corrected chi connectivity index (χ2v) is 5.56. The number of methoxy groups -OCH3 is 1. The molecule has 2 atom stereocenters. The number of rotatable bonds is 4. The number of benzene rings is 1. The molecule has 2 rings (SSSR count). The highest BCUT2D eigenvalue weighted by Crippen LogP contribution is 2.12. The first-order valence-electron chi connectivity index (χ1n) is 7.34. The molecular formula is C16H22N2O4. The fraction of sp³-hybridized carbons (Fsp3) is 0.500. The molecule has 22 heavy (non-hydrogen) atoms. The molecular weight excluding hydrogens is 284 g/mol. The van der Waals surface area contributed by atoms with Crippen LogP contribution in [-0.2, 0) is 9.53 Å². The maximum atomic E-state index is 12.0. The van der Waals surface area contributed by atoms with E-state index in [2.05, 4.69) is 5.32 Å². The number of ether oxygens (including phenoxy) is 2. The van der Waals surface area contributed by atoms with Crippen LogP contribution in [0.15, 0.2) is 24.3 Å². The van der Waals surface area contributed by atoms with E-state index in [0.717, 1.165) is 0 Å². The molecule has 1 aromatic carbocycles. The van der Waals surface area contributed by atoms with Crippen molar-refractivity contribution in [3.8, 4) is 5.75 Å². The van der Waals surface area contributed by atoms with Gasteiger partial charge in [-0.1, -0.05) is 0 Å². The van der Waals surface area contributed by atoms with Crippen molar-refractivity contribution in [2.24, 2.45) is 0 Å². The highest BCUT2D eigenvalue weighted by Gasteiger charge is 2.24. The van der Waals surface area contributed by atoms with Crippen molar-refractivity contribution in [3.63, 3.8) is 0 Å². The Labute approximate surface area is 130 Å². The third-order valence-electron chi connectivity index (χ3n) is 3.47. The zero-order chi connectivity index (χ0) is 16.1. The van der Waals surface area contributed by atoms with Crippen LogP contribution < -0.4 is 10.1 Å². The number of imide groups is 1. The quantitative estimate of drug-likeness (QED) is 0.901. The van der Waals surface area contributed by atoms with Crippen LogP contribution in [0.2, 0.25) is 0 Å². The Hall–Kier alpha value is -1.92. The highest BCUT2D eigenvalue weighted by atomic mass is 16.5. The first-order valence-corrected chi connectivity index (χ1v) is 7.34. The molecule has 1 aliphatic heterocycles. The van der Waals surface area contributed by atoms with Crippen LogP contribution in [-0.4, -0.2) is 55.7 Å². The third-order valence-corrected chi connectivity index (χ3v) is 3.47. The third kappa shape index (κ3) is 4.54. The van der Waals surface area contributed by atoms with Crippen LogP contribution in [0.1, 0.15) is 24.2 Å². The van der Waals surface area contributed by atoms with Crippen LogP contribution in [0.5, 0.6) is 5.75 Å². The summed E-state index contributed by atoms with van der Waals surface area (Å²) >= 11 is 0. The first kappa shape index (κ1) is 16.5. The molecule has 0 bridgehead atoms. The van der Waals surface area contributed by atoms with E-state index in [1.165, 1.54) is 0 Å². The maximum absolute atomic E-state index is 12.0. The van der Waals surface area contributed by atoms with Crippen molar-refractivity contribution >= 4 is 11.8 Å². The average Bonchev–Trinajstić information content (AvgIpc) is 2.46. The van der Waals surface area contributed by atoms with Gasteiger partial charge in [-0.15, -0.1) is 0 Å². The summed E-state index contributed by atoms with van der Waals surface area (Å²) in [6.45, 7) is 5.52. The Balaban J connectivity index is 1.86. The number of carbonyl (C=O) groups is 2. The molecule has 1 heterocycles. The summed E-state index contributed by atoms with van der Waals surface area (Å²) in [5, 5.41) is 2.41. The van der Waals surface area contributed by atoms with Gasteiger partial charge in [-0.25, -0.2) is 0 Å². The molecule has 2 amide bonds. The van der Waals surface area contributed by atoms with Crippen LogP contribution in [0.3, 0.4) is 0 Å². The molecule has 1 saturated heterocycles. The predicted molar refractivity (Wildman–Crippen MR) is 81.9 cm³/mol. The normalized spacial score (nSPS) is 22.1. The molecule has 0 saturated carbocycles. The lowest BCUT2D eigenvalue weighted by molar-refractivity contribution is -0.125. The van der Waals surface area contributed by atoms with Crippen molar-refractivity contribution in [1.82, 2.24) is 10.2 Å². The van der Waals surface area contributed by atoms with Crippen LogP contribution in [0, 0.1) is 0 Å². The van der Waals surface area contributed by atoms with E-state index in [-0.39, 0.29) is 24.7 Å². The van der Waals surface area contributed by atoms with Gasteiger partial charge >= 0.3 is 0 Å². The van der Waals surface area contributed by atoms with Gasteiger partial charge in [0.05, 0.1) is 25.9 Å². The minimum absolute atomic E-state index is 0.0915. The molecule has 1 fully saturated rings. The van der Waals surface area contributed by atoms with Crippen molar-refractivity contribution < 1.29 is 19.1 Å². The average molecular weight is 306 g/mol. The lowest BCUT2D eigenvalue weighted by atomic mass is 10.2. The second kappa shape index (κ2) is 7.38. The summed E-state index contributed by atoms with van der Waals surface area (Å²) in [4.78, 5) is 26.0. The summed E-state index contributed by atoms with van der Waals surface area (Å²) in [6, 6.07) is 6.62. The Morgan fingerprint density at radius 1 is 1.23 bits per heavy atom. The molecule has 1 aromatic rings. The van der Waals surface area contributed by atoms with E-state index in [1.807, 2.05) is 18.7 Å². The largest absolute Gasteiger partial charge is 0.497 e. The van der Waals surface area contributed by atoms with Crippen LogP contribution in [0.25, 0.3) is 0 Å². The highest BCUT2D eigenvalue weighted by molar-refractivity contribution is 6.05. The SMILES string of the molecule is COc1ccc(C(=O)NC(=O)CN2CC(C)OC(C)C2)cc1. The van der Waals surface area contributed by atoms with Gasteiger partial charge in [-0.3, -0.25) is 19.8 Å². The summed E-state index contributed by atoms with van der Waals surface area (Å²) in [5.41, 5.74) is 0.429. The molecule has 6 nitrogen and oxygen atoms in total. The Morgan fingerprint density at radius 3 is 2.36 bits per heavy atom. The lowest BCUT2D eigenvalue weighted by Crippen LogP contribution is -2.49. The lowest BCUT2D eigenvalue weighted by Gasteiger charge is -2.34. The zero-order valence-corrected chi connectivity index (χ0v) is 13.2. The summed E-state index contributed by atoms with van der Waals surface area (Å²) in [7, 11) is 1.56. The fourth-order valence-electron chi connectivity index (χ4n) is 2.60. The van der Waals surface area contributed by atoms with E-state index in [4.69, 9.17) is 9.47 Å². The zero-order valence-electron chi connectivity index (χ0n) is 13.2. The van der Waals surface area contributed by atoms with E-state index in [0.29, 0.717) is 24.4 Å². The summed E-state index contributed by atoms with van der Waals surface area (Å²) in [5.74, 6) is -0.0386. The summed E-state index contributed by atoms with van der Waals surface area (Å²) < 4.78 is 10.7. The number of morpholine rings is 1. The molecule has 1 aliphatic rings. The molecule has 120 valence electrons. The van der Waals surface area contributed by atoms with E-state index in [9.17, 15) is 9.59 Å². The van der Waals surface area contributed by atoms with E-state index >= 15 is 0 Å². The van der Waals surface area contributed by atoms with Gasteiger partial charge in [0.25, 0.3) is 5.91 Å². The van der Waals surface area contributed by atoms with Gasteiger partial charge in [-0.05, 0) is 38.1 Å². The Bertz CT molecular complexity index is 519. The molecule has 0 aromatic heterocycles. The smallest absolute Gasteiger partial charge is 0.257 e. The predicted octanol–water partition coefficient (Wildman–Crippen LogP) is 1.06. The number of nitrogens with zero attached hydrogens (tertiary/aromatic N) is 1. The van der Waals surface area contributed by atoms with Crippen LogP contribution >= 0.6 is 0 Å². The van der Waals surface area contributed by atoms with E-state index < -0.39 is 5.91 Å². The van der Waals surface area contributed by atoms with Crippen molar-refractivity contribution in [3.05, 3.63) is 29.8 Å². The van der Waals surface area contributed by atoms with Gasteiger partial charge < -0.3 is 9.47 Å². The molecule has 0 aliphatic carbocycles. The maximum Gasteiger partial charge on any atom is 0.257 e. The van der Waals surface area contributed by atoms with Crippen LogP contribution in [0.4, 0.5) is 0 Å². The van der Waals surface area contributed by atoms with Gasteiger partial charge in [0.1, 0.15) is 5.75 Å². The van der Waals surface area contributed by atoms with Gasteiger partial charge in [0.15, 0.2) is 0 Å². The van der Waals surface area contributed by atoms with Crippen molar-refractivity contribution in [2.45, 2.75) is 26.1 Å². The topological polar surface area (TPSA) is 67.9 Å². The molecule has 0 spiro atoms. The molecule has 6 heteroatoms. The minimum Gasteiger partial charge on any atom is -0.497 e. The number of hydrogen-bond acceptors (Lipinski definition) is 5. The van der Waals surface area contributed by atoms with Crippen molar-refractivity contribution in [2.75, 3.05) is 26.7 Å². The van der Waals surface area contributed by atoms with E-state index in [1.54, 1.807) is 31.4 Å². The number of carbonyl (C=O) groups excluding carboxylic acids is 2. The Kier molecular flexibility index (Phi) is 5.51. The van der Waals surface area contributed by atoms with Gasteiger partial charge in [0.2, 0.25) is 5.91 Å². The van der Waals surface area contributed by atoms with Crippen molar-refractivity contribution in [1.29, 1.82) is 0 Å². The molecule has 0 radical (unpaired) electrons. The number of amides is 2. The standard InChI is InChI=1S/C16H22N2O4/c1-11-8-18(9-12(2)22-11)10-15(19)17-16(20)13-4-6-14(21-3)7-5-13/h4-7,11-12H,8-10H2,1-3H3,(H,17,19,20). The monoisotopic (exact) mass is 306 g/mol. The van der Waals surface area contributed by atoms with Gasteiger partial charge in [0, 0.05) is 18.7 Å². The number of hydrogen-bond donors (Lipinski definition) is 1. The molecule has 2 unspecified atom stereocenters.